The first kappa shape index (κ1) is 13.2. The van der Waals surface area contributed by atoms with Crippen LogP contribution in [0.2, 0.25) is 0 Å². The van der Waals surface area contributed by atoms with Crippen LogP contribution in [0, 0.1) is 0 Å². The zero-order valence-electron chi connectivity index (χ0n) is 11.3. The van der Waals surface area contributed by atoms with Gasteiger partial charge in [-0.2, -0.15) is 0 Å². The standard InChI is InChI=1S/C15H19N3O/c1-3-11-5-4-8-17-14(11)10-18-12-6-7-13(16)15(9-12)19-2/h4-9,18H,3,10,16H2,1-2H3. The van der Waals surface area contributed by atoms with Crippen LogP contribution in [0.5, 0.6) is 5.75 Å². The predicted octanol–water partition coefficient (Wildman–Crippen LogP) is 2.85. The molecule has 0 unspecified atom stereocenters. The van der Waals surface area contributed by atoms with Crippen LogP contribution in [0.15, 0.2) is 36.5 Å². The normalized spacial score (nSPS) is 10.2. The number of anilines is 2. The smallest absolute Gasteiger partial charge is 0.143 e. The quantitative estimate of drug-likeness (QED) is 0.809. The maximum Gasteiger partial charge on any atom is 0.143 e. The summed E-state index contributed by atoms with van der Waals surface area (Å²) in [5, 5.41) is 3.34. The number of aromatic nitrogens is 1. The molecule has 19 heavy (non-hydrogen) atoms. The van der Waals surface area contributed by atoms with Crippen molar-refractivity contribution in [2.45, 2.75) is 19.9 Å². The van der Waals surface area contributed by atoms with E-state index in [1.807, 2.05) is 30.5 Å². The van der Waals surface area contributed by atoms with Gasteiger partial charge in [0.2, 0.25) is 0 Å². The molecule has 100 valence electrons. The number of nitrogen functional groups attached to an aromatic ring is 1. The molecule has 0 spiro atoms. The highest BCUT2D eigenvalue weighted by atomic mass is 16.5. The van der Waals surface area contributed by atoms with Gasteiger partial charge in [0, 0.05) is 18.0 Å². The Kier molecular flexibility index (Phi) is 4.23. The van der Waals surface area contributed by atoms with Gasteiger partial charge in [-0.25, -0.2) is 0 Å². The molecule has 0 saturated heterocycles. The van der Waals surface area contributed by atoms with Gasteiger partial charge in [0.1, 0.15) is 5.75 Å². The molecular formula is C15H19N3O. The minimum absolute atomic E-state index is 0.639. The average molecular weight is 257 g/mol. The van der Waals surface area contributed by atoms with E-state index >= 15 is 0 Å². The largest absolute Gasteiger partial charge is 0.495 e. The molecular weight excluding hydrogens is 238 g/mol. The molecule has 2 aromatic rings. The first-order valence-corrected chi connectivity index (χ1v) is 6.34. The Bertz CT molecular complexity index is 555. The highest BCUT2D eigenvalue weighted by Crippen LogP contribution is 2.25. The Hall–Kier alpha value is -2.23. The highest BCUT2D eigenvalue weighted by Gasteiger charge is 2.03. The van der Waals surface area contributed by atoms with Crippen molar-refractivity contribution in [3.05, 3.63) is 47.8 Å². The summed E-state index contributed by atoms with van der Waals surface area (Å²) < 4.78 is 5.20. The number of hydrogen-bond acceptors (Lipinski definition) is 4. The van der Waals surface area contributed by atoms with Gasteiger partial charge >= 0.3 is 0 Å². The molecule has 0 amide bonds. The molecule has 3 N–H and O–H groups in total. The van der Waals surface area contributed by atoms with E-state index in [0.717, 1.165) is 17.8 Å². The van der Waals surface area contributed by atoms with Crippen LogP contribution in [0.3, 0.4) is 0 Å². The molecule has 0 radical (unpaired) electrons. The summed E-state index contributed by atoms with van der Waals surface area (Å²) in [7, 11) is 1.61. The van der Waals surface area contributed by atoms with Gasteiger partial charge in [-0.3, -0.25) is 4.98 Å². The van der Waals surface area contributed by atoms with E-state index in [1.165, 1.54) is 5.56 Å². The third-order valence-corrected chi connectivity index (χ3v) is 3.06. The van der Waals surface area contributed by atoms with Gasteiger partial charge in [0.05, 0.1) is 25.0 Å². The lowest BCUT2D eigenvalue weighted by atomic mass is 10.1. The second kappa shape index (κ2) is 6.09. The predicted molar refractivity (Wildman–Crippen MR) is 78.3 cm³/mol. The first-order chi connectivity index (χ1) is 9.24. The van der Waals surface area contributed by atoms with Crippen LogP contribution in [-0.4, -0.2) is 12.1 Å². The lowest BCUT2D eigenvalue weighted by Crippen LogP contribution is -2.05. The molecule has 2 rings (SSSR count). The van der Waals surface area contributed by atoms with Crippen molar-refractivity contribution in [1.82, 2.24) is 4.98 Å². The van der Waals surface area contributed by atoms with Crippen molar-refractivity contribution in [2.24, 2.45) is 0 Å². The molecule has 4 nitrogen and oxygen atoms in total. The SMILES string of the molecule is CCc1cccnc1CNc1ccc(N)c(OC)c1. The third kappa shape index (κ3) is 3.16. The van der Waals surface area contributed by atoms with Crippen LogP contribution >= 0.6 is 0 Å². The number of nitrogens with zero attached hydrogens (tertiary/aromatic N) is 1. The molecule has 0 aliphatic heterocycles. The second-order valence-corrected chi connectivity index (χ2v) is 4.27. The molecule has 4 heteroatoms. The van der Waals surface area contributed by atoms with Crippen LogP contribution in [0.25, 0.3) is 0 Å². The summed E-state index contributed by atoms with van der Waals surface area (Å²) in [5.41, 5.74) is 9.73. The number of nitrogens with two attached hydrogens (primary N) is 1. The third-order valence-electron chi connectivity index (χ3n) is 3.06. The van der Waals surface area contributed by atoms with Crippen LogP contribution in [0.4, 0.5) is 11.4 Å². The minimum atomic E-state index is 0.639. The van der Waals surface area contributed by atoms with Crippen molar-refractivity contribution in [1.29, 1.82) is 0 Å². The lowest BCUT2D eigenvalue weighted by molar-refractivity contribution is 0.417. The van der Waals surface area contributed by atoms with Gasteiger partial charge in [0.15, 0.2) is 0 Å². The molecule has 0 aliphatic carbocycles. The van der Waals surface area contributed by atoms with E-state index in [0.29, 0.717) is 18.0 Å². The summed E-state index contributed by atoms with van der Waals surface area (Å²) in [6, 6.07) is 9.73. The van der Waals surface area contributed by atoms with E-state index in [9.17, 15) is 0 Å². The molecule has 1 heterocycles. The molecule has 0 aliphatic rings. The molecule has 1 aromatic carbocycles. The summed E-state index contributed by atoms with van der Waals surface area (Å²) in [6.07, 6.45) is 2.80. The average Bonchev–Trinajstić information content (AvgIpc) is 2.46. The van der Waals surface area contributed by atoms with Gasteiger partial charge < -0.3 is 15.8 Å². The zero-order chi connectivity index (χ0) is 13.7. The van der Waals surface area contributed by atoms with Crippen molar-refractivity contribution >= 4 is 11.4 Å². The number of benzene rings is 1. The maximum absolute atomic E-state index is 5.79. The van der Waals surface area contributed by atoms with Crippen molar-refractivity contribution in [3.8, 4) is 5.75 Å². The van der Waals surface area contributed by atoms with Gasteiger partial charge in [0.25, 0.3) is 0 Å². The number of ether oxygens (including phenoxy) is 1. The number of pyridine rings is 1. The fourth-order valence-corrected chi connectivity index (χ4v) is 1.96. The Labute approximate surface area is 113 Å². The molecule has 1 aromatic heterocycles. The van der Waals surface area contributed by atoms with Crippen LogP contribution < -0.4 is 15.8 Å². The van der Waals surface area contributed by atoms with Crippen molar-refractivity contribution < 1.29 is 4.74 Å². The highest BCUT2D eigenvalue weighted by molar-refractivity contribution is 5.61. The fourth-order valence-electron chi connectivity index (χ4n) is 1.96. The monoisotopic (exact) mass is 257 g/mol. The summed E-state index contributed by atoms with van der Waals surface area (Å²) >= 11 is 0. The summed E-state index contributed by atoms with van der Waals surface area (Å²) in [6.45, 7) is 2.82. The van der Waals surface area contributed by atoms with Crippen molar-refractivity contribution in [3.63, 3.8) is 0 Å². The molecule has 0 saturated carbocycles. The van der Waals surface area contributed by atoms with Crippen LogP contribution in [0.1, 0.15) is 18.2 Å². The van der Waals surface area contributed by atoms with E-state index in [-0.39, 0.29) is 0 Å². The Morgan fingerprint density at radius 2 is 2.16 bits per heavy atom. The number of aryl methyl sites for hydroxylation is 1. The zero-order valence-corrected chi connectivity index (χ0v) is 11.3. The van der Waals surface area contributed by atoms with E-state index < -0.39 is 0 Å². The lowest BCUT2D eigenvalue weighted by Gasteiger charge is -2.11. The van der Waals surface area contributed by atoms with E-state index in [2.05, 4.69) is 23.3 Å². The molecule has 0 atom stereocenters. The number of hydrogen-bond donors (Lipinski definition) is 2. The number of nitrogens with one attached hydrogen (secondary N) is 1. The summed E-state index contributed by atoms with van der Waals surface area (Å²) in [5.74, 6) is 0.682. The minimum Gasteiger partial charge on any atom is -0.495 e. The Morgan fingerprint density at radius 1 is 1.32 bits per heavy atom. The fraction of sp³-hybridized carbons (Fsp3) is 0.267. The van der Waals surface area contributed by atoms with E-state index in [4.69, 9.17) is 10.5 Å². The van der Waals surface area contributed by atoms with Gasteiger partial charge in [-0.1, -0.05) is 13.0 Å². The van der Waals surface area contributed by atoms with Gasteiger partial charge in [-0.15, -0.1) is 0 Å². The number of methoxy groups -OCH3 is 1. The second-order valence-electron chi connectivity index (χ2n) is 4.27. The topological polar surface area (TPSA) is 60.2 Å². The maximum atomic E-state index is 5.79. The molecule has 0 bridgehead atoms. The Balaban J connectivity index is 2.10. The first-order valence-electron chi connectivity index (χ1n) is 6.34. The Morgan fingerprint density at radius 3 is 2.89 bits per heavy atom. The van der Waals surface area contributed by atoms with Gasteiger partial charge in [-0.05, 0) is 30.2 Å². The molecule has 0 fully saturated rings. The van der Waals surface area contributed by atoms with E-state index in [1.54, 1.807) is 7.11 Å². The summed E-state index contributed by atoms with van der Waals surface area (Å²) in [4.78, 5) is 4.41. The van der Waals surface area contributed by atoms with Crippen LogP contribution in [-0.2, 0) is 13.0 Å². The van der Waals surface area contributed by atoms with Crippen molar-refractivity contribution in [2.75, 3.05) is 18.2 Å². The number of rotatable bonds is 5.